The number of benzene rings is 2. The van der Waals surface area contributed by atoms with E-state index in [1.807, 2.05) is 6.07 Å². The molecule has 1 atom stereocenters. The van der Waals surface area contributed by atoms with Gasteiger partial charge in [-0.25, -0.2) is 9.59 Å². The van der Waals surface area contributed by atoms with Gasteiger partial charge >= 0.3 is 18.2 Å². The van der Waals surface area contributed by atoms with Gasteiger partial charge in [-0.3, -0.25) is 0 Å². The summed E-state index contributed by atoms with van der Waals surface area (Å²) in [6.07, 6.45) is -3.30. The number of carbonyl (C=O) groups excluding carboxylic acids is 2. The molecule has 28 heavy (non-hydrogen) atoms. The molecule has 1 unspecified atom stereocenters. The second-order valence-corrected chi connectivity index (χ2v) is 5.64. The summed E-state index contributed by atoms with van der Waals surface area (Å²) in [5.41, 5.74) is 11.6. The molecule has 0 aliphatic rings. The third kappa shape index (κ3) is 4.64. The topological polar surface area (TPSA) is 169 Å². The monoisotopic (exact) mass is 383 g/mol. The van der Waals surface area contributed by atoms with Crippen molar-refractivity contribution in [3.05, 3.63) is 65.7 Å². The molecule has 0 aliphatic heterocycles. The fourth-order valence-corrected chi connectivity index (χ4v) is 2.61. The molecule has 0 heterocycles. The lowest BCUT2D eigenvalue weighted by Gasteiger charge is -2.30. The van der Waals surface area contributed by atoms with Crippen molar-refractivity contribution in [3.8, 4) is 17.2 Å². The Kier molecular flexibility index (Phi) is 6.00. The molecule has 6 N–H and O–H groups in total. The summed E-state index contributed by atoms with van der Waals surface area (Å²) in [6, 6.07) is 13.1. The molecule has 0 saturated heterocycles. The van der Waals surface area contributed by atoms with Crippen LogP contribution in [0.25, 0.3) is 17.2 Å². The zero-order chi connectivity index (χ0) is 20.9. The fourth-order valence-electron chi connectivity index (χ4n) is 2.61. The number of aliphatic hydroxyl groups is 2. The zero-order valence-corrected chi connectivity index (χ0v) is 14.5. The van der Waals surface area contributed by atoms with Crippen LogP contribution in [0.1, 0.15) is 22.8 Å². The number of nitrogens with zero attached hydrogens (tertiary/aromatic N) is 1. The Bertz CT molecular complexity index is 964. The van der Waals surface area contributed by atoms with E-state index < -0.39 is 24.3 Å². The van der Waals surface area contributed by atoms with Gasteiger partial charge < -0.3 is 31.2 Å². The van der Waals surface area contributed by atoms with Gasteiger partial charge in [0.1, 0.15) is 0 Å². The molecule has 0 radical (unpaired) electrons. The maximum atomic E-state index is 11.3. The van der Waals surface area contributed by atoms with E-state index in [0.29, 0.717) is 11.1 Å². The van der Waals surface area contributed by atoms with Crippen LogP contribution in [0.3, 0.4) is 0 Å². The molecule has 144 valence electrons. The Hall–Kier alpha value is -3.87. The Morgan fingerprint density at radius 1 is 1.18 bits per heavy atom. The summed E-state index contributed by atoms with van der Waals surface area (Å²) in [5, 5.41) is 29.6. The second kappa shape index (κ2) is 8.22. The van der Waals surface area contributed by atoms with Crippen molar-refractivity contribution in [3.63, 3.8) is 0 Å². The second-order valence-electron chi connectivity index (χ2n) is 5.64. The lowest BCUT2D eigenvalue weighted by Crippen LogP contribution is -2.45. The molecule has 2 rings (SSSR count). The van der Waals surface area contributed by atoms with Gasteiger partial charge in [-0.2, -0.15) is 5.26 Å². The fraction of sp³-hybridized carbons (Fsp3) is 0.105. The third-order valence-electron chi connectivity index (χ3n) is 3.72. The van der Waals surface area contributed by atoms with Crippen molar-refractivity contribution >= 4 is 18.3 Å². The van der Waals surface area contributed by atoms with Crippen LogP contribution in [0.5, 0.6) is 0 Å². The van der Waals surface area contributed by atoms with Crippen LogP contribution in [0.15, 0.2) is 49.0 Å². The van der Waals surface area contributed by atoms with Gasteiger partial charge in [0.25, 0.3) is 0 Å². The number of amides is 2. The highest BCUT2D eigenvalue weighted by Gasteiger charge is 2.44. The van der Waals surface area contributed by atoms with Crippen LogP contribution < -0.4 is 11.5 Å². The molecule has 2 aromatic carbocycles. The number of rotatable bonds is 6. The summed E-state index contributed by atoms with van der Waals surface area (Å²) >= 11 is 0. The average molecular weight is 383 g/mol. The van der Waals surface area contributed by atoms with Gasteiger partial charge in [-0.15, -0.1) is 0 Å². The summed E-state index contributed by atoms with van der Waals surface area (Å²) in [5.74, 6) is -3.35. The SMILES string of the molecule is C=Cc1cccc(-c2ccc(C#N)cc2C(OC(N)=O)C(O)(O)OC(N)=O)c1. The summed E-state index contributed by atoms with van der Waals surface area (Å²) in [6.45, 7) is 3.68. The lowest BCUT2D eigenvalue weighted by molar-refractivity contribution is -0.350. The Morgan fingerprint density at radius 3 is 2.46 bits per heavy atom. The van der Waals surface area contributed by atoms with Gasteiger partial charge in [0.05, 0.1) is 11.6 Å². The lowest BCUT2D eigenvalue weighted by atomic mass is 9.92. The van der Waals surface area contributed by atoms with Crippen LogP contribution in [0, 0.1) is 11.3 Å². The van der Waals surface area contributed by atoms with E-state index in [9.17, 15) is 25.1 Å². The van der Waals surface area contributed by atoms with Crippen LogP contribution in [0.2, 0.25) is 0 Å². The van der Waals surface area contributed by atoms with Crippen LogP contribution in [-0.2, 0) is 9.47 Å². The molecule has 0 aliphatic carbocycles. The minimum absolute atomic E-state index is 0.0506. The van der Waals surface area contributed by atoms with Crippen molar-refractivity contribution < 1.29 is 29.3 Å². The maximum Gasteiger partial charge on any atom is 0.408 e. The normalized spacial score (nSPS) is 11.8. The number of carbonyl (C=O) groups is 2. The van der Waals surface area contributed by atoms with Gasteiger partial charge in [0.2, 0.25) is 6.10 Å². The van der Waals surface area contributed by atoms with Crippen molar-refractivity contribution in [2.45, 2.75) is 12.1 Å². The highest BCUT2D eigenvalue weighted by Crippen LogP contribution is 2.37. The largest absolute Gasteiger partial charge is 0.431 e. The van der Waals surface area contributed by atoms with Gasteiger partial charge in [0, 0.05) is 5.56 Å². The number of ether oxygens (including phenoxy) is 2. The van der Waals surface area contributed by atoms with Crippen molar-refractivity contribution in [2.75, 3.05) is 0 Å². The van der Waals surface area contributed by atoms with Crippen molar-refractivity contribution in [2.24, 2.45) is 11.5 Å². The molecular formula is C19H17N3O6. The van der Waals surface area contributed by atoms with Gasteiger partial charge in [-0.05, 0) is 34.9 Å². The molecule has 9 nitrogen and oxygen atoms in total. The van der Waals surface area contributed by atoms with Crippen LogP contribution in [-0.4, -0.2) is 28.4 Å². The number of nitriles is 1. The first-order valence-electron chi connectivity index (χ1n) is 7.84. The van der Waals surface area contributed by atoms with Crippen LogP contribution >= 0.6 is 0 Å². The van der Waals surface area contributed by atoms with E-state index in [1.54, 1.807) is 30.3 Å². The molecule has 0 saturated carbocycles. The van der Waals surface area contributed by atoms with Gasteiger partial charge in [0.15, 0.2) is 0 Å². The Morgan fingerprint density at radius 2 is 1.89 bits per heavy atom. The summed E-state index contributed by atoms with van der Waals surface area (Å²) < 4.78 is 9.08. The Balaban J connectivity index is 2.73. The first-order chi connectivity index (χ1) is 13.2. The first-order valence-corrected chi connectivity index (χ1v) is 7.84. The zero-order valence-electron chi connectivity index (χ0n) is 14.5. The third-order valence-corrected chi connectivity index (χ3v) is 3.72. The van der Waals surface area contributed by atoms with E-state index in [0.717, 1.165) is 5.56 Å². The standard InChI is InChI=1S/C19H17N3O6/c1-2-11-4-3-5-13(8-11)14-7-6-12(10-20)9-15(14)16(27-17(21)23)19(25,26)28-18(22)24/h2-9,16,25-26H,1H2,(H2,21,23)(H2,22,24). The van der Waals surface area contributed by atoms with Gasteiger partial charge in [-0.1, -0.05) is 36.9 Å². The number of hydrogen-bond donors (Lipinski definition) is 4. The molecule has 0 fully saturated rings. The van der Waals surface area contributed by atoms with E-state index in [2.05, 4.69) is 11.3 Å². The van der Waals surface area contributed by atoms with E-state index in [-0.39, 0.29) is 11.1 Å². The quantitative estimate of drug-likeness (QED) is 0.550. The number of primary amides is 2. The molecule has 9 heteroatoms. The van der Waals surface area contributed by atoms with E-state index in [1.165, 1.54) is 18.2 Å². The Labute approximate surface area is 160 Å². The minimum atomic E-state index is -3.35. The predicted octanol–water partition coefficient (Wildman–Crippen LogP) is 1.74. The highest BCUT2D eigenvalue weighted by molar-refractivity contribution is 5.73. The molecule has 2 aromatic rings. The summed E-state index contributed by atoms with van der Waals surface area (Å²) in [4.78, 5) is 22.4. The molecule has 0 aromatic heterocycles. The van der Waals surface area contributed by atoms with E-state index >= 15 is 0 Å². The van der Waals surface area contributed by atoms with Crippen molar-refractivity contribution in [1.82, 2.24) is 0 Å². The molecule has 0 bridgehead atoms. The number of hydrogen-bond acceptors (Lipinski definition) is 7. The van der Waals surface area contributed by atoms with Crippen LogP contribution in [0.4, 0.5) is 9.59 Å². The number of nitrogens with two attached hydrogens (primary N) is 2. The smallest absolute Gasteiger partial charge is 0.408 e. The molecular weight excluding hydrogens is 366 g/mol. The van der Waals surface area contributed by atoms with E-state index in [4.69, 9.17) is 16.2 Å². The maximum absolute atomic E-state index is 11.3. The first kappa shape index (κ1) is 20.4. The predicted molar refractivity (Wildman–Crippen MR) is 97.9 cm³/mol. The minimum Gasteiger partial charge on any atom is -0.431 e. The molecule has 2 amide bonds. The molecule has 0 spiro atoms. The summed E-state index contributed by atoms with van der Waals surface area (Å²) in [7, 11) is 0. The van der Waals surface area contributed by atoms with Crippen molar-refractivity contribution in [1.29, 1.82) is 5.26 Å². The highest BCUT2D eigenvalue weighted by atomic mass is 16.8. The average Bonchev–Trinajstić information content (AvgIpc) is 2.64.